The van der Waals surface area contributed by atoms with Crippen LogP contribution in [0.5, 0.6) is 0 Å². The topological polar surface area (TPSA) is 91.3 Å². The first kappa shape index (κ1) is 8.19. The standard InChI is InChI=1S/C8H4N4O2/c9-3-5-1-2-10-8-11-4-6(7(13)14)12(5)8/h1-2,4H,(H,13,14). The van der Waals surface area contributed by atoms with Gasteiger partial charge in [-0.15, -0.1) is 0 Å². The second-order valence-electron chi connectivity index (χ2n) is 2.53. The zero-order valence-electron chi connectivity index (χ0n) is 6.88. The molecule has 0 radical (unpaired) electrons. The number of hydrogen-bond acceptors (Lipinski definition) is 4. The number of rotatable bonds is 1. The predicted molar refractivity (Wildman–Crippen MR) is 44.7 cm³/mol. The van der Waals surface area contributed by atoms with Gasteiger partial charge in [0, 0.05) is 6.20 Å². The van der Waals surface area contributed by atoms with Gasteiger partial charge in [-0.3, -0.25) is 4.40 Å². The van der Waals surface area contributed by atoms with Crippen LogP contribution in [0.25, 0.3) is 5.78 Å². The quantitative estimate of drug-likeness (QED) is 0.694. The monoisotopic (exact) mass is 188 g/mol. The Morgan fingerprint density at radius 3 is 3.00 bits per heavy atom. The van der Waals surface area contributed by atoms with Crippen molar-refractivity contribution in [3.05, 3.63) is 29.8 Å². The van der Waals surface area contributed by atoms with Crippen molar-refractivity contribution in [1.82, 2.24) is 14.4 Å². The van der Waals surface area contributed by atoms with E-state index in [1.807, 2.05) is 6.07 Å². The summed E-state index contributed by atoms with van der Waals surface area (Å²) < 4.78 is 1.20. The van der Waals surface area contributed by atoms with E-state index >= 15 is 0 Å². The molecule has 0 fully saturated rings. The summed E-state index contributed by atoms with van der Waals surface area (Å²) in [5, 5.41) is 17.5. The van der Waals surface area contributed by atoms with Gasteiger partial charge in [-0.25, -0.2) is 14.8 Å². The number of carboxylic acids is 1. The zero-order chi connectivity index (χ0) is 10.1. The molecule has 0 saturated carbocycles. The van der Waals surface area contributed by atoms with Crippen LogP contribution in [0.4, 0.5) is 0 Å². The molecule has 0 bridgehead atoms. The van der Waals surface area contributed by atoms with Gasteiger partial charge < -0.3 is 5.11 Å². The van der Waals surface area contributed by atoms with E-state index in [9.17, 15) is 4.79 Å². The highest BCUT2D eigenvalue weighted by Gasteiger charge is 2.13. The SMILES string of the molecule is N#Cc1ccnc2ncc(C(=O)O)n12. The van der Waals surface area contributed by atoms with Gasteiger partial charge in [0.15, 0.2) is 5.69 Å². The molecule has 6 heteroatoms. The fraction of sp³-hybridized carbons (Fsp3) is 0. The normalized spacial score (nSPS) is 9.93. The molecule has 0 unspecified atom stereocenters. The van der Waals surface area contributed by atoms with E-state index in [2.05, 4.69) is 9.97 Å². The van der Waals surface area contributed by atoms with E-state index < -0.39 is 5.97 Å². The number of nitriles is 1. The molecule has 2 aromatic rings. The van der Waals surface area contributed by atoms with E-state index in [0.29, 0.717) is 0 Å². The molecule has 0 saturated heterocycles. The van der Waals surface area contributed by atoms with Crippen LogP contribution < -0.4 is 0 Å². The first-order valence-corrected chi connectivity index (χ1v) is 3.70. The lowest BCUT2D eigenvalue weighted by molar-refractivity contribution is 0.0689. The third-order valence-electron chi connectivity index (χ3n) is 1.74. The number of nitrogens with zero attached hydrogens (tertiary/aromatic N) is 4. The number of hydrogen-bond donors (Lipinski definition) is 1. The van der Waals surface area contributed by atoms with Crippen molar-refractivity contribution in [3.63, 3.8) is 0 Å². The Morgan fingerprint density at radius 2 is 2.36 bits per heavy atom. The summed E-state index contributed by atoms with van der Waals surface area (Å²) in [6.07, 6.45) is 2.58. The molecular formula is C8H4N4O2. The molecule has 6 nitrogen and oxygen atoms in total. The molecule has 68 valence electrons. The Balaban J connectivity index is 2.89. The second kappa shape index (κ2) is 2.81. The third kappa shape index (κ3) is 0.998. The van der Waals surface area contributed by atoms with Gasteiger partial charge in [0.1, 0.15) is 11.8 Å². The Morgan fingerprint density at radius 1 is 1.57 bits per heavy atom. The minimum Gasteiger partial charge on any atom is -0.477 e. The van der Waals surface area contributed by atoms with Crippen molar-refractivity contribution in [1.29, 1.82) is 5.26 Å². The highest BCUT2D eigenvalue weighted by atomic mass is 16.4. The summed E-state index contributed by atoms with van der Waals surface area (Å²) in [5.41, 5.74) is 0.134. The number of aromatic nitrogens is 3. The van der Waals surface area contributed by atoms with Crippen LogP contribution in [0.2, 0.25) is 0 Å². The van der Waals surface area contributed by atoms with Crippen molar-refractivity contribution in [3.8, 4) is 6.07 Å². The summed E-state index contributed by atoms with van der Waals surface area (Å²) in [7, 11) is 0. The zero-order valence-corrected chi connectivity index (χ0v) is 6.88. The van der Waals surface area contributed by atoms with Crippen LogP contribution in [0, 0.1) is 11.3 Å². The smallest absolute Gasteiger partial charge is 0.354 e. The largest absolute Gasteiger partial charge is 0.477 e. The first-order chi connectivity index (χ1) is 6.74. The van der Waals surface area contributed by atoms with Crippen molar-refractivity contribution in [2.75, 3.05) is 0 Å². The molecule has 14 heavy (non-hydrogen) atoms. The summed E-state index contributed by atoms with van der Waals surface area (Å²) in [4.78, 5) is 18.3. The summed E-state index contributed by atoms with van der Waals surface area (Å²) in [6.45, 7) is 0. The summed E-state index contributed by atoms with van der Waals surface area (Å²) in [5.74, 6) is -0.927. The van der Waals surface area contributed by atoms with Crippen molar-refractivity contribution in [2.24, 2.45) is 0 Å². The third-order valence-corrected chi connectivity index (χ3v) is 1.74. The molecule has 0 aromatic carbocycles. The van der Waals surface area contributed by atoms with Crippen molar-refractivity contribution in [2.45, 2.75) is 0 Å². The van der Waals surface area contributed by atoms with Crippen LogP contribution >= 0.6 is 0 Å². The van der Waals surface area contributed by atoms with Crippen LogP contribution in [0.3, 0.4) is 0 Å². The fourth-order valence-electron chi connectivity index (χ4n) is 1.16. The van der Waals surface area contributed by atoms with Crippen molar-refractivity contribution < 1.29 is 9.90 Å². The molecule has 2 aromatic heterocycles. The number of carboxylic acid groups (broad SMARTS) is 1. The summed E-state index contributed by atoms with van der Waals surface area (Å²) >= 11 is 0. The average molecular weight is 188 g/mol. The van der Waals surface area contributed by atoms with Gasteiger partial charge in [-0.1, -0.05) is 0 Å². The van der Waals surface area contributed by atoms with Gasteiger partial charge in [0.2, 0.25) is 5.78 Å². The number of imidazole rings is 1. The molecule has 0 aliphatic heterocycles. The van der Waals surface area contributed by atoms with Crippen LogP contribution in [-0.2, 0) is 0 Å². The highest BCUT2D eigenvalue weighted by molar-refractivity contribution is 5.86. The first-order valence-electron chi connectivity index (χ1n) is 3.70. The van der Waals surface area contributed by atoms with E-state index in [-0.39, 0.29) is 17.2 Å². The van der Waals surface area contributed by atoms with Crippen LogP contribution in [-0.4, -0.2) is 25.4 Å². The fourth-order valence-corrected chi connectivity index (χ4v) is 1.16. The minimum atomic E-state index is -1.14. The minimum absolute atomic E-state index is 0.0651. The maximum Gasteiger partial charge on any atom is 0.354 e. The van der Waals surface area contributed by atoms with E-state index in [1.165, 1.54) is 22.9 Å². The molecular weight excluding hydrogens is 184 g/mol. The lowest BCUT2D eigenvalue weighted by Gasteiger charge is -1.97. The van der Waals surface area contributed by atoms with Crippen LogP contribution in [0.1, 0.15) is 16.2 Å². The molecule has 0 aliphatic carbocycles. The van der Waals surface area contributed by atoms with Gasteiger partial charge >= 0.3 is 5.97 Å². The predicted octanol–water partition coefficient (Wildman–Crippen LogP) is 0.299. The number of carbonyl (C=O) groups is 1. The Bertz CT molecular complexity index is 552. The van der Waals surface area contributed by atoms with Crippen molar-refractivity contribution >= 4 is 11.7 Å². The molecule has 2 rings (SSSR count). The maximum atomic E-state index is 10.7. The Hall–Kier alpha value is -2.42. The van der Waals surface area contributed by atoms with Gasteiger partial charge in [-0.05, 0) is 6.07 Å². The Kier molecular flexibility index (Phi) is 1.65. The highest BCUT2D eigenvalue weighted by Crippen LogP contribution is 2.07. The average Bonchev–Trinajstić information content (AvgIpc) is 2.60. The lowest BCUT2D eigenvalue weighted by Crippen LogP contribution is -2.04. The maximum absolute atomic E-state index is 10.7. The Labute approximate surface area is 78.1 Å². The van der Waals surface area contributed by atoms with Crippen LogP contribution in [0.15, 0.2) is 18.5 Å². The van der Waals surface area contributed by atoms with Gasteiger partial charge in [-0.2, -0.15) is 5.26 Å². The van der Waals surface area contributed by atoms with Gasteiger partial charge in [0.25, 0.3) is 0 Å². The van der Waals surface area contributed by atoms with E-state index in [1.54, 1.807) is 0 Å². The second-order valence-corrected chi connectivity index (χ2v) is 2.53. The molecule has 0 atom stereocenters. The van der Waals surface area contributed by atoms with E-state index in [0.717, 1.165) is 0 Å². The van der Waals surface area contributed by atoms with Gasteiger partial charge in [0.05, 0.1) is 6.20 Å². The number of aromatic carboxylic acids is 1. The molecule has 1 N–H and O–H groups in total. The molecule has 0 spiro atoms. The summed E-state index contributed by atoms with van der Waals surface area (Å²) in [6, 6.07) is 3.30. The molecule has 2 heterocycles. The molecule has 0 amide bonds. The molecule has 0 aliphatic rings. The number of fused-ring (bicyclic) bond motifs is 1. The van der Waals surface area contributed by atoms with E-state index in [4.69, 9.17) is 10.4 Å². The lowest BCUT2D eigenvalue weighted by atomic mass is 10.4.